The molecular weight excluding hydrogens is 166 g/mol. The summed E-state index contributed by atoms with van der Waals surface area (Å²) in [5, 5.41) is 0. The minimum Gasteiger partial charge on any atom is -0.374 e. The van der Waals surface area contributed by atoms with Crippen LogP contribution >= 0.6 is 0 Å². The molecule has 2 rings (SSSR count). The van der Waals surface area contributed by atoms with Gasteiger partial charge in [0.2, 0.25) is 0 Å². The lowest BCUT2D eigenvalue weighted by atomic mass is 10.0. The van der Waals surface area contributed by atoms with E-state index in [0.29, 0.717) is 18.1 Å². The Bertz CT molecular complexity index is 172. The quantitative estimate of drug-likeness (QED) is 0.601. The van der Waals surface area contributed by atoms with E-state index in [1.54, 1.807) is 0 Å². The van der Waals surface area contributed by atoms with Crippen molar-refractivity contribution in [3.05, 3.63) is 0 Å². The van der Waals surface area contributed by atoms with E-state index in [-0.39, 0.29) is 0 Å². The maximum atomic E-state index is 5.81. The van der Waals surface area contributed by atoms with Crippen LogP contribution in [-0.2, 0) is 9.47 Å². The summed E-state index contributed by atoms with van der Waals surface area (Å²) in [5.74, 6) is 0.558. The lowest BCUT2D eigenvalue weighted by Gasteiger charge is -2.34. The molecule has 2 bridgehead atoms. The number of rotatable bonds is 1. The molecule has 0 spiro atoms. The van der Waals surface area contributed by atoms with E-state index in [9.17, 15) is 0 Å². The van der Waals surface area contributed by atoms with Gasteiger partial charge in [-0.15, -0.1) is 0 Å². The van der Waals surface area contributed by atoms with Gasteiger partial charge in [-0.05, 0) is 5.92 Å². The van der Waals surface area contributed by atoms with Gasteiger partial charge in [0.15, 0.2) is 0 Å². The highest BCUT2D eigenvalue weighted by Gasteiger charge is 2.33. The molecule has 0 aromatic heterocycles. The number of hydrogen-bond acceptors (Lipinski definition) is 3. The molecule has 0 radical (unpaired) electrons. The van der Waals surface area contributed by atoms with Gasteiger partial charge in [-0.1, -0.05) is 13.8 Å². The third-order valence-corrected chi connectivity index (χ3v) is 2.92. The molecule has 2 fully saturated rings. The summed E-state index contributed by atoms with van der Waals surface area (Å²) in [5.41, 5.74) is 0. The molecule has 1 unspecified atom stereocenters. The summed E-state index contributed by atoms with van der Waals surface area (Å²) in [6.45, 7) is 9.35. The number of ether oxygens (including phenoxy) is 2. The highest BCUT2D eigenvalue weighted by atomic mass is 16.5. The molecule has 2 aliphatic heterocycles. The van der Waals surface area contributed by atoms with Crippen LogP contribution in [0.15, 0.2) is 0 Å². The Hall–Kier alpha value is -0.120. The van der Waals surface area contributed by atoms with E-state index in [0.717, 1.165) is 32.8 Å². The van der Waals surface area contributed by atoms with Gasteiger partial charge < -0.3 is 9.47 Å². The van der Waals surface area contributed by atoms with Gasteiger partial charge in [0, 0.05) is 19.6 Å². The van der Waals surface area contributed by atoms with Crippen LogP contribution in [0.2, 0.25) is 0 Å². The van der Waals surface area contributed by atoms with Crippen LogP contribution in [0.3, 0.4) is 0 Å². The Morgan fingerprint density at radius 3 is 2.54 bits per heavy atom. The lowest BCUT2D eigenvalue weighted by molar-refractivity contribution is -0.0949. The molecule has 3 nitrogen and oxygen atoms in total. The predicted molar refractivity (Wildman–Crippen MR) is 50.8 cm³/mol. The SMILES string of the molecule is CC(C)[C@@H]1OCCN2CCO[C@H]1C2. The summed E-state index contributed by atoms with van der Waals surface area (Å²) < 4.78 is 11.5. The van der Waals surface area contributed by atoms with Gasteiger partial charge in [0.05, 0.1) is 25.4 Å². The Labute approximate surface area is 80.0 Å². The second-order valence-electron chi connectivity index (χ2n) is 4.29. The molecule has 76 valence electrons. The number of hydrogen-bond donors (Lipinski definition) is 0. The van der Waals surface area contributed by atoms with E-state index in [1.165, 1.54) is 0 Å². The standard InChI is InChI=1S/C10H19NO2/c1-8(2)10-9-7-11(3-5-12-9)4-6-13-10/h8-10H,3-7H2,1-2H3/t9-,10-/m0/s1. The van der Waals surface area contributed by atoms with Gasteiger partial charge in [-0.25, -0.2) is 0 Å². The van der Waals surface area contributed by atoms with Gasteiger partial charge in [-0.3, -0.25) is 4.90 Å². The van der Waals surface area contributed by atoms with Crippen molar-refractivity contribution in [1.29, 1.82) is 0 Å². The normalized spacial score (nSPS) is 40.4. The number of morpholine rings is 1. The monoisotopic (exact) mass is 185 g/mol. The maximum absolute atomic E-state index is 5.81. The van der Waals surface area contributed by atoms with E-state index in [4.69, 9.17) is 9.47 Å². The van der Waals surface area contributed by atoms with E-state index in [2.05, 4.69) is 18.7 Å². The molecular formula is C10H19NO2. The van der Waals surface area contributed by atoms with Crippen molar-refractivity contribution in [2.75, 3.05) is 32.8 Å². The first-order chi connectivity index (χ1) is 6.27. The zero-order valence-corrected chi connectivity index (χ0v) is 8.53. The van der Waals surface area contributed by atoms with Crippen LogP contribution in [0.5, 0.6) is 0 Å². The lowest BCUT2D eigenvalue weighted by Crippen LogP contribution is -2.47. The fraction of sp³-hybridized carbons (Fsp3) is 1.00. The molecule has 2 aliphatic rings. The van der Waals surface area contributed by atoms with Crippen LogP contribution in [0.4, 0.5) is 0 Å². The highest BCUT2D eigenvalue weighted by molar-refractivity contribution is 4.83. The molecule has 13 heavy (non-hydrogen) atoms. The molecule has 0 aromatic rings. The van der Waals surface area contributed by atoms with Crippen molar-refractivity contribution in [2.24, 2.45) is 5.92 Å². The zero-order chi connectivity index (χ0) is 9.26. The summed E-state index contributed by atoms with van der Waals surface area (Å²) in [6.07, 6.45) is 0.599. The highest BCUT2D eigenvalue weighted by Crippen LogP contribution is 2.20. The fourth-order valence-corrected chi connectivity index (χ4v) is 2.18. The van der Waals surface area contributed by atoms with Gasteiger partial charge in [-0.2, -0.15) is 0 Å². The molecule has 0 amide bonds. The Balaban J connectivity index is 2.03. The van der Waals surface area contributed by atoms with Gasteiger partial charge in [0.25, 0.3) is 0 Å². The third kappa shape index (κ3) is 2.03. The molecule has 0 saturated carbocycles. The Morgan fingerprint density at radius 1 is 1.15 bits per heavy atom. The van der Waals surface area contributed by atoms with Crippen molar-refractivity contribution in [3.63, 3.8) is 0 Å². The second kappa shape index (κ2) is 3.95. The molecule has 3 atom stereocenters. The van der Waals surface area contributed by atoms with Crippen molar-refractivity contribution < 1.29 is 9.47 Å². The third-order valence-electron chi connectivity index (χ3n) is 2.92. The topological polar surface area (TPSA) is 21.7 Å². The Kier molecular flexibility index (Phi) is 2.86. The van der Waals surface area contributed by atoms with Crippen LogP contribution in [0.1, 0.15) is 13.8 Å². The van der Waals surface area contributed by atoms with Gasteiger partial charge >= 0.3 is 0 Å². The maximum Gasteiger partial charge on any atom is 0.0966 e. The average molecular weight is 185 g/mol. The molecule has 0 aliphatic carbocycles. The molecule has 3 heteroatoms. The summed E-state index contributed by atoms with van der Waals surface area (Å²) in [6, 6.07) is 0. The molecule has 2 heterocycles. The first-order valence-electron chi connectivity index (χ1n) is 5.23. The van der Waals surface area contributed by atoms with E-state index >= 15 is 0 Å². The number of fused-ring (bicyclic) bond motifs is 2. The zero-order valence-electron chi connectivity index (χ0n) is 8.53. The van der Waals surface area contributed by atoms with Crippen LogP contribution in [0.25, 0.3) is 0 Å². The molecule has 2 saturated heterocycles. The predicted octanol–water partition coefficient (Wildman–Crippen LogP) is 0.742. The molecule has 0 aromatic carbocycles. The van der Waals surface area contributed by atoms with Crippen molar-refractivity contribution in [2.45, 2.75) is 26.1 Å². The van der Waals surface area contributed by atoms with Crippen LogP contribution in [-0.4, -0.2) is 50.0 Å². The van der Waals surface area contributed by atoms with Crippen molar-refractivity contribution >= 4 is 0 Å². The minimum atomic E-state index is 0.297. The summed E-state index contributed by atoms with van der Waals surface area (Å²) in [7, 11) is 0. The smallest absolute Gasteiger partial charge is 0.0966 e. The molecule has 0 N–H and O–H groups in total. The first-order valence-corrected chi connectivity index (χ1v) is 5.23. The van der Waals surface area contributed by atoms with E-state index < -0.39 is 0 Å². The largest absolute Gasteiger partial charge is 0.374 e. The minimum absolute atomic E-state index is 0.297. The van der Waals surface area contributed by atoms with Gasteiger partial charge in [0.1, 0.15) is 0 Å². The van der Waals surface area contributed by atoms with E-state index in [1.807, 2.05) is 0 Å². The second-order valence-corrected chi connectivity index (χ2v) is 4.29. The Morgan fingerprint density at radius 2 is 1.85 bits per heavy atom. The van der Waals surface area contributed by atoms with Crippen molar-refractivity contribution in [1.82, 2.24) is 4.90 Å². The van der Waals surface area contributed by atoms with Crippen molar-refractivity contribution in [3.8, 4) is 0 Å². The summed E-state index contributed by atoms with van der Waals surface area (Å²) >= 11 is 0. The number of nitrogens with zero attached hydrogens (tertiary/aromatic N) is 1. The van der Waals surface area contributed by atoms with Crippen LogP contribution in [0, 0.1) is 5.92 Å². The average Bonchev–Trinajstić information content (AvgIpc) is 2.25. The first kappa shape index (κ1) is 9.44. The fourth-order valence-electron chi connectivity index (χ4n) is 2.18. The summed E-state index contributed by atoms with van der Waals surface area (Å²) in [4.78, 5) is 2.44. The van der Waals surface area contributed by atoms with Crippen LogP contribution < -0.4 is 0 Å².